The molecule has 1 aromatic rings. The summed E-state index contributed by atoms with van der Waals surface area (Å²) in [4.78, 5) is 0. The summed E-state index contributed by atoms with van der Waals surface area (Å²) >= 11 is 0. The van der Waals surface area contributed by atoms with Crippen LogP contribution in [0.4, 0.5) is 5.82 Å². The minimum atomic E-state index is 0.306. The second kappa shape index (κ2) is 4.18. The van der Waals surface area contributed by atoms with E-state index in [1.54, 1.807) is 0 Å². The van der Waals surface area contributed by atoms with Crippen LogP contribution in [-0.4, -0.2) is 28.2 Å². The van der Waals surface area contributed by atoms with Gasteiger partial charge in [-0.1, -0.05) is 19.1 Å². The van der Waals surface area contributed by atoms with Crippen molar-refractivity contribution in [2.45, 2.75) is 38.6 Å². The molecule has 1 aromatic heterocycles. The summed E-state index contributed by atoms with van der Waals surface area (Å²) in [5.74, 6) is 0.900. The van der Waals surface area contributed by atoms with E-state index < -0.39 is 0 Å². The first-order valence-electron chi connectivity index (χ1n) is 5.48. The molecule has 1 aliphatic rings. The predicted molar refractivity (Wildman–Crippen MR) is 57.6 cm³/mol. The molecule has 0 bridgehead atoms. The summed E-state index contributed by atoms with van der Waals surface area (Å²) in [5, 5.41) is 8.07. The van der Waals surface area contributed by atoms with E-state index in [0.717, 1.165) is 31.7 Å². The highest BCUT2D eigenvalue weighted by Crippen LogP contribution is 2.26. The molecule has 1 atom stereocenters. The number of nitrogens with zero attached hydrogens (tertiary/aromatic N) is 3. The third kappa shape index (κ3) is 1.97. The molecular formula is C10H18N4O. The molecule has 1 aliphatic heterocycles. The van der Waals surface area contributed by atoms with Crippen LogP contribution in [0.1, 0.15) is 44.3 Å². The first kappa shape index (κ1) is 10.4. The van der Waals surface area contributed by atoms with Gasteiger partial charge in [-0.25, -0.2) is 4.68 Å². The van der Waals surface area contributed by atoms with Gasteiger partial charge in [-0.05, 0) is 18.8 Å². The number of aromatic nitrogens is 3. The molecule has 5 heteroatoms. The van der Waals surface area contributed by atoms with Crippen LogP contribution in [0.15, 0.2) is 0 Å². The number of nitrogen functional groups attached to an aromatic ring is 1. The van der Waals surface area contributed by atoms with E-state index >= 15 is 0 Å². The van der Waals surface area contributed by atoms with Crippen LogP contribution in [0.25, 0.3) is 0 Å². The SMILES string of the molecule is CC(C)c1c(N)nnn1C1CCCOC1. The van der Waals surface area contributed by atoms with Gasteiger partial charge in [0.1, 0.15) is 0 Å². The minimum Gasteiger partial charge on any atom is -0.381 e. The molecule has 0 radical (unpaired) electrons. The second-order valence-electron chi connectivity index (χ2n) is 4.33. The van der Waals surface area contributed by atoms with Gasteiger partial charge in [-0.2, -0.15) is 0 Å². The Labute approximate surface area is 89.6 Å². The van der Waals surface area contributed by atoms with Crippen LogP contribution in [0.2, 0.25) is 0 Å². The zero-order valence-corrected chi connectivity index (χ0v) is 9.31. The van der Waals surface area contributed by atoms with Crippen LogP contribution < -0.4 is 5.73 Å². The quantitative estimate of drug-likeness (QED) is 0.799. The van der Waals surface area contributed by atoms with Crippen molar-refractivity contribution in [3.63, 3.8) is 0 Å². The Morgan fingerprint density at radius 1 is 1.53 bits per heavy atom. The predicted octanol–water partition coefficient (Wildman–Crippen LogP) is 1.34. The van der Waals surface area contributed by atoms with E-state index in [4.69, 9.17) is 10.5 Å². The van der Waals surface area contributed by atoms with Crippen molar-refractivity contribution < 1.29 is 4.74 Å². The molecule has 84 valence electrons. The zero-order valence-electron chi connectivity index (χ0n) is 9.31. The summed E-state index contributed by atoms with van der Waals surface area (Å²) in [5.41, 5.74) is 6.85. The van der Waals surface area contributed by atoms with Gasteiger partial charge in [0.15, 0.2) is 5.82 Å². The van der Waals surface area contributed by atoms with Gasteiger partial charge in [0, 0.05) is 6.61 Å². The van der Waals surface area contributed by atoms with Gasteiger partial charge in [0.25, 0.3) is 0 Å². The Morgan fingerprint density at radius 3 is 2.93 bits per heavy atom. The highest BCUT2D eigenvalue weighted by molar-refractivity contribution is 5.35. The second-order valence-corrected chi connectivity index (χ2v) is 4.33. The van der Waals surface area contributed by atoms with Gasteiger partial charge in [0.05, 0.1) is 18.3 Å². The smallest absolute Gasteiger partial charge is 0.169 e. The average molecular weight is 210 g/mol. The molecule has 0 saturated carbocycles. The van der Waals surface area contributed by atoms with Crippen LogP contribution in [0, 0.1) is 0 Å². The number of rotatable bonds is 2. The number of hydrogen-bond acceptors (Lipinski definition) is 4. The Hall–Kier alpha value is -1.10. The average Bonchev–Trinajstić information content (AvgIpc) is 2.61. The first-order chi connectivity index (χ1) is 7.20. The fraction of sp³-hybridized carbons (Fsp3) is 0.800. The maximum atomic E-state index is 5.81. The lowest BCUT2D eigenvalue weighted by atomic mass is 10.1. The summed E-state index contributed by atoms with van der Waals surface area (Å²) in [7, 11) is 0. The van der Waals surface area contributed by atoms with Crippen molar-refractivity contribution in [2.75, 3.05) is 18.9 Å². The van der Waals surface area contributed by atoms with Crippen LogP contribution in [-0.2, 0) is 4.74 Å². The minimum absolute atomic E-state index is 0.306. The third-order valence-electron chi connectivity index (χ3n) is 2.79. The molecule has 2 N–H and O–H groups in total. The molecular weight excluding hydrogens is 192 g/mol. The van der Waals surface area contributed by atoms with Gasteiger partial charge < -0.3 is 10.5 Å². The zero-order chi connectivity index (χ0) is 10.8. The molecule has 15 heavy (non-hydrogen) atoms. The van der Waals surface area contributed by atoms with E-state index in [-0.39, 0.29) is 0 Å². The van der Waals surface area contributed by atoms with Gasteiger partial charge in [-0.3, -0.25) is 0 Å². The van der Waals surface area contributed by atoms with Gasteiger partial charge in [-0.15, -0.1) is 5.10 Å². The molecule has 0 aromatic carbocycles. The molecule has 0 spiro atoms. The fourth-order valence-electron chi connectivity index (χ4n) is 2.06. The monoisotopic (exact) mass is 210 g/mol. The van der Waals surface area contributed by atoms with Crippen molar-refractivity contribution in [3.8, 4) is 0 Å². The number of nitrogens with two attached hydrogens (primary N) is 1. The van der Waals surface area contributed by atoms with Crippen molar-refractivity contribution in [3.05, 3.63) is 5.69 Å². The number of hydrogen-bond donors (Lipinski definition) is 1. The van der Waals surface area contributed by atoms with Crippen LogP contribution in [0.3, 0.4) is 0 Å². The van der Waals surface area contributed by atoms with E-state index in [2.05, 4.69) is 24.2 Å². The van der Waals surface area contributed by atoms with Gasteiger partial charge in [0.2, 0.25) is 0 Å². The molecule has 1 fully saturated rings. The fourth-order valence-corrected chi connectivity index (χ4v) is 2.06. The van der Waals surface area contributed by atoms with E-state index in [1.165, 1.54) is 0 Å². The summed E-state index contributed by atoms with van der Waals surface area (Å²) < 4.78 is 7.39. The lowest BCUT2D eigenvalue weighted by molar-refractivity contribution is 0.0530. The van der Waals surface area contributed by atoms with E-state index in [0.29, 0.717) is 17.8 Å². The Balaban J connectivity index is 2.26. The first-order valence-corrected chi connectivity index (χ1v) is 5.48. The molecule has 2 rings (SSSR count). The maximum Gasteiger partial charge on any atom is 0.169 e. The molecule has 1 unspecified atom stereocenters. The topological polar surface area (TPSA) is 66.0 Å². The highest BCUT2D eigenvalue weighted by Gasteiger charge is 2.22. The Kier molecular flexibility index (Phi) is 2.90. The molecule has 0 amide bonds. The number of anilines is 1. The van der Waals surface area contributed by atoms with Gasteiger partial charge >= 0.3 is 0 Å². The molecule has 2 heterocycles. The normalized spacial score (nSPS) is 22.2. The summed E-state index contributed by atoms with van der Waals surface area (Å²) in [6, 6.07) is 0.306. The summed E-state index contributed by atoms with van der Waals surface area (Å²) in [6.45, 7) is 5.80. The highest BCUT2D eigenvalue weighted by atomic mass is 16.5. The number of ether oxygens (including phenoxy) is 1. The maximum absolute atomic E-state index is 5.81. The molecule has 1 saturated heterocycles. The van der Waals surface area contributed by atoms with Crippen molar-refractivity contribution in [1.82, 2.24) is 15.0 Å². The van der Waals surface area contributed by atoms with E-state index in [9.17, 15) is 0 Å². The summed E-state index contributed by atoms with van der Waals surface area (Å²) in [6.07, 6.45) is 2.19. The van der Waals surface area contributed by atoms with E-state index in [1.807, 2.05) is 4.68 Å². The lowest BCUT2D eigenvalue weighted by Crippen LogP contribution is -2.24. The van der Waals surface area contributed by atoms with Crippen LogP contribution >= 0.6 is 0 Å². The van der Waals surface area contributed by atoms with Crippen molar-refractivity contribution in [2.24, 2.45) is 0 Å². The van der Waals surface area contributed by atoms with Crippen molar-refractivity contribution in [1.29, 1.82) is 0 Å². The molecule has 5 nitrogen and oxygen atoms in total. The standard InChI is InChI=1S/C10H18N4O/c1-7(2)9-10(11)12-13-14(9)8-4-3-5-15-6-8/h7-8H,3-6,11H2,1-2H3. The third-order valence-corrected chi connectivity index (χ3v) is 2.79. The molecule has 0 aliphatic carbocycles. The van der Waals surface area contributed by atoms with Crippen LogP contribution in [0.5, 0.6) is 0 Å². The Bertz CT molecular complexity index is 328. The largest absolute Gasteiger partial charge is 0.381 e. The lowest BCUT2D eigenvalue weighted by Gasteiger charge is -2.24. The Morgan fingerprint density at radius 2 is 2.33 bits per heavy atom. The van der Waals surface area contributed by atoms with Crippen molar-refractivity contribution >= 4 is 5.82 Å².